The van der Waals surface area contributed by atoms with Crippen molar-refractivity contribution in [1.82, 2.24) is 5.43 Å². The van der Waals surface area contributed by atoms with Gasteiger partial charge in [0.1, 0.15) is 0 Å². The van der Waals surface area contributed by atoms with Crippen molar-refractivity contribution >= 4 is 52.4 Å². The van der Waals surface area contributed by atoms with Crippen LogP contribution >= 0.6 is 35.4 Å². The Hall–Kier alpha value is -1.62. The van der Waals surface area contributed by atoms with E-state index in [9.17, 15) is 0 Å². The molecule has 2 aromatic carbocycles. The molecule has 114 valence electrons. The van der Waals surface area contributed by atoms with Crippen molar-refractivity contribution in [3.63, 3.8) is 0 Å². The van der Waals surface area contributed by atoms with Crippen LogP contribution in [-0.4, -0.2) is 11.3 Å². The number of halogens is 2. The first kappa shape index (κ1) is 16.7. The molecule has 0 amide bonds. The number of nitrogens with one attached hydrogen (secondary N) is 2. The van der Waals surface area contributed by atoms with Gasteiger partial charge in [-0.05, 0) is 49.8 Å². The number of hydrogen-bond acceptors (Lipinski definition) is 2. The molecule has 2 aromatic rings. The number of rotatable bonds is 3. The first-order chi connectivity index (χ1) is 10.5. The minimum absolute atomic E-state index is 0.410. The van der Waals surface area contributed by atoms with Crippen LogP contribution in [0.1, 0.15) is 16.7 Å². The van der Waals surface area contributed by atoms with Gasteiger partial charge in [0.25, 0.3) is 0 Å². The van der Waals surface area contributed by atoms with Gasteiger partial charge in [-0.1, -0.05) is 47.0 Å². The van der Waals surface area contributed by atoms with E-state index in [2.05, 4.69) is 21.9 Å². The average Bonchev–Trinajstić information content (AvgIpc) is 2.44. The third kappa shape index (κ3) is 4.70. The van der Waals surface area contributed by atoms with Crippen LogP contribution in [0.5, 0.6) is 0 Å². The predicted molar refractivity (Wildman–Crippen MR) is 99.3 cm³/mol. The Morgan fingerprint density at radius 3 is 2.59 bits per heavy atom. The van der Waals surface area contributed by atoms with E-state index in [1.807, 2.05) is 26.0 Å². The van der Waals surface area contributed by atoms with E-state index in [1.165, 1.54) is 5.56 Å². The second-order valence-corrected chi connectivity index (χ2v) is 6.06. The van der Waals surface area contributed by atoms with Crippen LogP contribution in [-0.2, 0) is 0 Å². The van der Waals surface area contributed by atoms with Crippen molar-refractivity contribution in [2.45, 2.75) is 13.8 Å². The normalized spacial score (nSPS) is 10.7. The lowest BCUT2D eigenvalue weighted by Crippen LogP contribution is -2.24. The summed E-state index contributed by atoms with van der Waals surface area (Å²) >= 11 is 17.1. The smallest absolute Gasteiger partial charge is 0.191 e. The molecule has 0 bridgehead atoms. The number of hydrogen-bond donors (Lipinski definition) is 2. The Balaban J connectivity index is 1.96. The molecule has 0 saturated carbocycles. The first-order valence-electron chi connectivity index (χ1n) is 6.58. The summed E-state index contributed by atoms with van der Waals surface area (Å²) in [7, 11) is 0. The van der Waals surface area contributed by atoms with E-state index in [-0.39, 0.29) is 0 Å². The minimum Gasteiger partial charge on any atom is -0.331 e. The molecule has 0 atom stereocenters. The van der Waals surface area contributed by atoms with Crippen molar-refractivity contribution in [3.8, 4) is 0 Å². The lowest BCUT2D eigenvalue weighted by Gasteiger charge is -2.10. The highest BCUT2D eigenvalue weighted by molar-refractivity contribution is 7.80. The summed E-state index contributed by atoms with van der Waals surface area (Å²) in [6, 6.07) is 11.3. The van der Waals surface area contributed by atoms with Gasteiger partial charge >= 0.3 is 0 Å². The molecule has 0 aliphatic rings. The highest BCUT2D eigenvalue weighted by Gasteiger charge is 2.01. The molecule has 2 rings (SSSR count). The summed E-state index contributed by atoms with van der Waals surface area (Å²) < 4.78 is 0. The Kier molecular flexibility index (Phi) is 5.77. The van der Waals surface area contributed by atoms with Crippen LogP contribution in [0.2, 0.25) is 10.0 Å². The van der Waals surface area contributed by atoms with Crippen molar-refractivity contribution in [1.29, 1.82) is 0 Å². The SMILES string of the molecule is Cc1ccc(NC(=S)NN=Cc2ccc(Cl)cc2Cl)c(C)c1. The predicted octanol–water partition coefficient (Wildman–Crippen LogP) is 4.93. The third-order valence-corrected chi connectivity index (χ3v) is 3.72. The van der Waals surface area contributed by atoms with Gasteiger partial charge in [0.2, 0.25) is 0 Å². The maximum Gasteiger partial charge on any atom is 0.191 e. The van der Waals surface area contributed by atoms with E-state index in [4.69, 9.17) is 35.4 Å². The zero-order valence-electron chi connectivity index (χ0n) is 12.2. The molecule has 0 aromatic heterocycles. The molecule has 0 fully saturated rings. The lowest BCUT2D eigenvalue weighted by molar-refractivity contribution is 1.05. The average molecular weight is 352 g/mol. The largest absolute Gasteiger partial charge is 0.331 e. The first-order valence-corrected chi connectivity index (χ1v) is 7.74. The van der Waals surface area contributed by atoms with Gasteiger partial charge in [-0.3, -0.25) is 5.43 Å². The number of aryl methyl sites for hydroxylation is 2. The van der Waals surface area contributed by atoms with Gasteiger partial charge in [-0.15, -0.1) is 0 Å². The molecule has 3 nitrogen and oxygen atoms in total. The third-order valence-electron chi connectivity index (χ3n) is 2.96. The van der Waals surface area contributed by atoms with Gasteiger partial charge in [0.15, 0.2) is 5.11 Å². The van der Waals surface area contributed by atoms with Crippen LogP contribution in [0.15, 0.2) is 41.5 Å². The second kappa shape index (κ2) is 7.58. The van der Waals surface area contributed by atoms with Crippen LogP contribution in [0.25, 0.3) is 0 Å². The van der Waals surface area contributed by atoms with E-state index < -0.39 is 0 Å². The molecule has 0 aliphatic carbocycles. The monoisotopic (exact) mass is 351 g/mol. The fraction of sp³-hybridized carbons (Fsp3) is 0.125. The van der Waals surface area contributed by atoms with E-state index in [0.717, 1.165) is 16.8 Å². The second-order valence-electron chi connectivity index (χ2n) is 4.81. The number of nitrogens with zero attached hydrogens (tertiary/aromatic N) is 1. The van der Waals surface area contributed by atoms with E-state index in [1.54, 1.807) is 24.4 Å². The Morgan fingerprint density at radius 2 is 1.91 bits per heavy atom. The number of thiocarbonyl (C=S) groups is 1. The maximum absolute atomic E-state index is 6.06. The van der Waals surface area contributed by atoms with Crippen molar-refractivity contribution in [2.24, 2.45) is 5.10 Å². The van der Waals surface area contributed by atoms with Gasteiger partial charge in [-0.25, -0.2) is 0 Å². The number of hydrazone groups is 1. The van der Waals surface area contributed by atoms with E-state index >= 15 is 0 Å². The zero-order chi connectivity index (χ0) is 16.1. The molecule has 0 heterocycles. The Labute approximate surface area is 145 Å². The van der Waals surface area contributed by atoms with Crippen LogP contribution in [0.4, 0.5) is 5.69 Å². The van der Waals surface area contributed by atoms with Crippen molar-refractivity contribution in [2.75, 3.05) is 5.32 Å². The summed E-state index contributed by atoms with van der Waals surface area (Å²) in [5.74, 6) is 0. The Morgan fingerprint density at radius 1 is 1.14 bits per heavy atom. The quantitative estimate of drug-likeness (QED) is 0.467. The molecular weight excluding hydrogens is 337 g/mol. The summed E-state index contributed by atoms with van der Waals surface area (Å²) in [4.78, 5) is 0. The van der Waals surface area contributed by atoms with Crippen LogP contribution in [0.3, 0.4) is 0 Å². The topological polar surface area (TPSA) is 36.4 Å². The highest BCUT2D eigenvalue weighted by atomic mass is 35.5. The Bertz CT molecular complexity index is 729. The minimum atomic E-state index is 0.410. The van der Waals surface area contributed by atoms with Gasteiger partial charge in [-0.2, -0.15) is 5.10 Å². The fourth-order valence-corrected chi connectivity index (χ4v) is 2.49. The maximum atomic E-state index is 6.06. The number of benzene rings is 2. The molecule has 6 heteroatoms. The number of anilines is 1. The van der Waals surface area contributed by atoms with Crippen molar-refractivity contribution < 1.29 is 0 Å². The van der Waals surface area contributed by atoms with Gasteiger partial charge < -0.3 is 5.32 Å². The summed E-state index contributed by atoms with van der Waals surface area (Å²) in [6.45, 7) is 4.07. The van der Waals surface area contributed by atoms with E-state index in [0.29, 0.717) is 15.2 Å². The summed E-state index contributed by atoms with van der Waals surface area (Å²) in [6.07, 6.45) is 1.59. The fourth-order valence-electron chi connectivity index (χ4n) is 1.87. The summed E-state index contributed by atoms with van der Waals surface area (Å²) in [5, 5.41) is 8.70. The molecule has 2 N–H and O–H groups in total. The van der Waals surface area contributed by atoms with Gasteiger partial charge in [0, 0.05) is 16.3 Å². The molecule has 0 aliphatic heterocycles. The molecule has 0 spiro atoms. The molecule has 0 unspecified atom stereocenters. The zero-order valence-corrected chi connectivity index (χ0v) is 14.5. The van der Waals surface area contributed by atoms with Gasteiger partial charge in [0.05, 0.1) is 11.2 Å². The molecule has 22 heavy (non-hydrogen) atoms. The standard InChI is InChI=1S/C16H15Cl2N3S/c1-10-3-6-15(11(2)7-10)20-16(22)21-19-9-12-4-5-13(17)8-14(12)18/h3-9H,1-2H3,(H2,20,21,22). The van der Waals surface area contributed by atoms with Crippen molar-refractivity contribution in [3.05, 3.63) is 63.1 Å². The molecular formula is C16H15Cl2N3S. The highest BCUT2D eigenvalue weighted by Crippen LogP contribution is 2.19. The molecule has 0 radical (unpaired) electrons. The van der Waals surface area contributed by atoms with Crippen LogP contribution in [0, 0.1) is 13.8 Å². The summed E-state index contributed by atoms with van der Waals surface area (Å²) in [5.41, 5.74) is 6.79. The van der Waals surface area contributed by atoms with Crippen LogP contribution < -0.4 is 10.7 Å². The lowest BCUT2D eigenvalue weighted by atomic mass is 10.1. The molecule has 0 saturated heterocycles.